The highest BCUT2D eigenvalue weighted by molar-refractivity contribution is 7.17. The Kier molecular flexibility index (Phi) is 10.8. The van der Waals surface area contributed by atoms with Crippen molar-refractivity contribution in [1.82, 2.24) is 10.4 Å². The van der Waals surface area contributed by atoms with Crippen LogP contribution >= 0.6 is 11.3 Å². The predicted molar refractivity (Wildman–Crippen MR) is 174 cm³/mol. The zero-order chi connectivity index (χ0) is 30.2. The molecule has 3 aromatic rings. The lowest BCUT2D eigenvalue weighted by atomic mass is 9.76. The Morgan fingerprint density at radius 1 is 1.07 bits per heavy atom. The van der Waals surface area contributed by atoms with Crippen molar-refractivity contribution >= 4 is 28.6 Å². The van der Waals surface area contributed by atoms with Gasteiger partial charge in [-0.1, -0.05) is 95.3 Å². The van der Waals surface area contributed by atoms with Crippen molar-refractivity contribution in [1.29, 1.82) is 0 Å². The first-order valence-electron chi connectivity index (χ1n) is 15.1. The van der Waals surface area contributed by atoms with E-state index < -0.39 is 0 Å². The number of hydrazone groups is 1. The summed E-state index contributed by atoms with van der Waals surface area (Å²) in [5.41, 5.74) is 7.26. The van der Waals surface area contributed by atoms with Crippen molar-refractivity contribution in [3.63, 3.8) is 0 Å². The number of nitrogens with one attached hydrogen (secondary N) is 1. The molecule has 1 aliphatic heterocycles. The van der Waals surface area contributed by atoms with E-state index in [2.05, 4.69) is 75.2 Å². The van der Waals surface area contributed by atoms with Crippen molar-refractivity contribution < 1.29 is 14.3 Å². The Morgan fingerprint density at radius 2 is 1.79 bits per heavy atom. The molecule has 1 aromatic heterocycles. The van der Waals surface area contributed by atoms with E-state index in [9.17, 15) is 4.79 Å². The number of benzene rings is 2. The van der Waals surface area contributed by atoms with Crippen LogP contribution in [0.15, 0.2) is 53.6 Å². The van der Waals surface area contributed by atoms with E-state index in [0.717, 1.165) is 52.9 Å². The van der Waals surface area contributed by atoms with Crippen LogP contribution in [-0.4, -0.2) is 50.0 Å². The monoisotopic (exact) mass is 590 g/mol. The quantitative estimate of drug-likeness (QED) is 0.128. The molecule has 0 spiro atoms. The topological polar surface area (TPSA) is 76.0 Å². The van der Waals surface area contributed by atoms with Crippen molar-refractivity contribution in [2.24, 2.45) is 5.10 Å². The molecular weight excluding hydrogens is 544 g/mol. The number of nitrogens with zero attached hydrogens (tertiary/aromatic N) is 3. The number of anilines is 1. The molecule has 42 heavy (non-hydrogen) atoms. The second-order valence-corrected chi connectivity index (χ2v) is 13.1. The molecule has 4 rings (SSSR count). The van der Waals surface area contributed by atoms with E-state index in [4.69, 9.17) is 14.5 Å². The van der Waals surface area contributed by atoms with E-state index in [1.54, 1.807) is 17.6 Å². The summed E-state index contributed by atoms with van der Waals surface area (Å²) in [4.78, 5) is 20.7. The van der Waals surface area contributed by atoms with Crippen LogP contribution in [0.1, 0.15) is 83.2 Å². The highest BCUT2D eigenvalue weighted by Gasteiger charge is 2.26. The van der Waals surface area contributed by atoms with Gasteiger partial charge in [0.2, 0.25) is 5.91 Å². The number of rotatable bonds is 13. The number of morpholine rings is 1. The van der Waals surface area contributed by atoms with Gasteiger partial charge in [-0.05, 0) is 41.7 Å². The predicted octanol–water partition coefficient (Wildman–Crippen LogP) is 7.33. The summed E-state index contributed by atoms with van der Waals surface area (Å²) in [6.45, 7) is 17.0. The third kappa shape index (κ3) is 7.98. The number of carbonyl (C=O) groups is 1. The first kappa shape index (κ1) is 31.7. The summed E-state index contributed by atoms with van der Waals surface area (Å²) in [6, 6.07) is 16.7. The van der Waals surface area contributed by atoms with Crippen molar-refractivity contribution in [2.75, 3.05) is 37.8 Å². The second-order valence-electron chi connectivity index (χ2n) is 12.1. The van der Waals surface area contributed by atoms with Crippen LogP contribution in [0, 0.1) is 0 Å². The molecular formula is C34H46N4O3S. The van der Waals surface area contributed by atoms with Crippen LogP contribution in [-0.2, 0) is 20.4 Å². The molecule has 0 bridgehead atoms. The number of amides is 1. The number of hydrogen-bond acceptors (Lipinski definition) is 7. The molecule has 7 nitrogen and oxygen atoms in total. The number of carbonyl (C=O) groups excluding carboxylic acids is 1. The first-order valence-corrected chi connectivity index (χ1v) is 15.9. The van der Waals surface area contributed by atoms with Gasteiger partial charge in [-0.25, -0.2) is 10.4 Å². The molecule has 2 aromatic carbocycles. The molecule has 0 aliphatic carbocycles. The molecule has 1 N–H and O–H groups in total. The van der Waals surface area contributed by atoms with Crippen LogP contribution in [0.4, 0.5) is 5.13 Å². The summed E-state index contributed by atoms with van der Waals surface area (Å²) in [6.07, 6.45) is 4.73. The molecule has 1 aliphatic rings. The normalized spacial score (nSPS) is 14.4. The zero-order valence-corrected chi connectivity index (χ0v) is 26.9. The molecule has 0 unspecified atom stereocenters. The van der Waals surface area contributed by atoms with Gasteiger partial charge in [-0.3, -0.25) is 4.79 Å². The number of hydrogen-bond donors (Lipinski definition) is 1. The SMILES string of the molecule is CCC(C)(C)c1ccc(OCCCC(=O)N/N=C\c2sc(N3CCOCC3)nc2-c2ccccc2)c(C(C)(C)CC)c1. The maximum atomic E-state index is 12.6. The molecule has 2 heterocycles. The van der Waals surface area contributed by atoms with Gasteiger partial charge < -0.3 is 14.4 Å². The minimum Gasteiger partial charge on any atom is -0.493 e. The van der Waals surface area contributed by atoms with E-state index in [1.807, 2.05) is 30.3 Å². The average molecular weight is 591 g/mol. The van der Waals surface area contributed by atoms with E-state index >= 15 is 0 Å². The van der Waals surface area contributed by atoms with Gasteiger partial charge in [0.25, 0.3) is 0 Å². The largest absolute Gasteiger partial charge is 0.493 e. The van der Waals surface area contributed by atoms with E-state index in [1.165, 1.54) is 11.1 Å². The maximum Gasteiger partial charge on any atom is 0.240 e. The summed E-state index contributed by atoms with van der Waals surface area (Å²) >= 11 is 1.58. The minimum absolute atomic E-state index is 0.00184. The highest BCUT2D eigenvalue weighted by Crippen LogP contribution is 2.38. The molecule has 0 saturated carbocycles. The summed E-state index contributed by atoms with van der Waals surface area (Å²) in [5.74, 6) is 0.772. The van der Waals surface area contributed by atoms with Crippen molar-refractivity contribution in [3.8, 4) is 17.0 Å². The fourth-order valence-corrected chi connectivity index (χ4v) is 5.75. The van der Waals surface area contributed by atoms with Crippen molar-refractivity contribution in [3.05, 3.63) is 64.5 Å². The van der Waals surface area contributed by atoms with Gasteiger partial charge in [0.05, 0.1) is 36.6 Å². The van der Waals surface area contributed by atoms with Gasteiger partial charge in [-0.15, -0.1) is 0 Å². The summed E-state index contributed by atoms with van der Waals surface area (Å²) in [5, 5.41) is 5.23. The minimum atomic E-state index is -0.136. The van der Waals surface area contributed by atoms with Gasteiger partial charge in [0.1, 0.15) is 5.75 Å². The lowest BCUT2D eigenvalue weighted by Gasteiger charge is -2.30. The van der Waals surface area contributed by atoms with Gasteiger partial charge in [-0.2, -0.15) is 5.10 Å². The molecule has 0 atom stereocenters. The lowest BCUT2D eigenvalue weighted by Crippen LogP contribution is -2.36. The highest BCUT2D eigenvalue weighted by atomic mass is 32.1. The first-order chi connectivity index (χ1) is 20.1. The third-order valence-corrected chi connectivity index (χ3v) is 9.46. The van der Waals surface area contributed by atoms with Crippen LogP contribution in [0.3, 0.4) is 0 Å². The summed E-state index contributed by atoms with van der Waals surface area (Å²) in [7, 11) is 0. The Hall–Kier alpha value is -3.23. The number of ether oxygens (including phenoxy) is 2. The number of thiazole rings is 1. The van der Waals surface area contributed by atoms with Gasteiger partial charge in [0.15, 0.2) is 5.13 Å². The number of aromatic nitrogens is 1. The second kappa shape index (κ2) is 14.3. The van der Waals surface area contributed by atoms with Gasteiger partial charge in [0, 0.05) is 30.6 Å². The van der Waals surface area contributed by atoms with E-state index in [-0.39, 0.29) is 16.7 Å². The van der Waals surface area contributed by atoms with Gasteiger partial charge >= 0.3 is 0 Å². The maximum absolute atomic E-state index is 12.6. The smallest absolute Gasteiger partial charge is 0.240 e. The Balaban J connectivity index is 1.35. The molecule has 1 amide bonds. The molecule has 1 saturated heterocycles. The standard InChI is InChI=1S/C34H46N4O3S/c1-7-33(3,4)26-16-17-28(27(23-26)34(5,6)8-2)41-20-12-15-30(39)37-35-24-29-31(25-13-10-9-11-14-25)36-32(42-29)38-18-21-40-22-19-38/h9-11,13-14,16-17,23-24H,7-8,12,15,18-22H2,1-6H3,(H,37,39)/b35-24-. The Labute approximate surface area is 255 Å². The lowest BCUT2D eigenvalue weighted by molar-refractivity contribution is -0.121. The van der Waals surface area contributed by atoms with Crippen LogP contribution in [0.5, 0.6) is 5.75 Å². The summed E-state index contributed by atoms with van der Waals surface area (Å²) < 4.78 is 11.7. The fraction of sp³-hybridized carbons (Fsp3) is 0.500. The fourth-order valence-electron chi connectivity index (χ4n) is 4.73. The van der Waals surface area contributed by atoms with Crippen LogP contribution in [0.25, 0.3) is 11.3 Å². The van der Waals surface area contributed by atoms with Crippen LogP contribution in [0.2, 0.25) is 0 Å². The van der Waals surface area contributed by atoms with E-state index in [0.29, 0.717) is 32.7 Å². The molecule has 8 heteroatoms. The molecule has 1 fully saturated rings. The Morgan fingerprint density at radius 3 is 2.48 bits per heavy atom. The van der Waals surface area contributed by atoms with Crippen LogP contribution < -0.4 is 15.1 Å². The molecule has 226 valence electrons. The zero-order valence-electron chi connectivity index (χ0n) is 26.0. The molecule has 0 radical (unpaired) electrons. The Bertz CT molecular complexity index is 1340. The van der Waals surface area contributed by atoms with Crippen molar-refractivity contribution in [2.45, 2.75) is 78.1 Å². The average Bonchev–Trinajstić information content (AvgIpc) is 3.44. The third-order valence-electron chi connectivity index (χ3n) is 8.41.